The second-order valence-electron chi connectivity index (χ2n) is 3.82. The Hall–Kier alpha value is -0.740. The van der Waals surface area contributed by atoms with E-state index in [0.717, 1.165) is 12.1 Å². The number of allylic oxidation sites excluding steroid dienone is 3. The quantitative estimate of drug-likeness (QED) is 0.590. The molecule has 2 N–H and O–H groups in total. The average Bonchev–Trinajstić information content (AvgIpc) is 2.37. The molecule has 0 atom stereocenters. The molecule has 19 heavy (non-hydrogen) atoms. The van der Waals surface area contributed by atoms with Gasteiger partial charge in [0.1, 0.15) is 0 Å². The fourth-order valence-corrected chi connectivity index (χ4v) is 2.36. The molecule has 0 unspecified atom stereocenters. The van der Waals surface area contributed by atoms with Gasteiger partial charge in [-0.3, -0.25) is 0 Å². The first kappa shape index (κ1) is 14.7. The van der Waals surface area contributed by atoms with Crippen LogP contribution < -0.4 is 10.6 Å². The van der Waals surface area contributed by atoms with Crippen LogP contribution in [0.1, 0.15) is 6.42 Å². The largest absolute Gasteiger partial charge is 0.333 e. The molecule has 0 aromatic heterocycles. The van der Waals surface area contributed by atoms with Crippen molar-refractivity contribution in [3.63, 3.8) is 0 Å². The molecule has 0 bridgehead atoms. The van der Waals surface area contributed by atoms with Crippen molar-refractivity contribution in [3.8, 4) is 0 Å². The van der Waals surface area contributed by atoms with Crippen LogP contribution in [0.15, 0.2) is 36.1 Å². The third-order valence-corrected chi connectivity index (χ3v) is 3.79. The Morgan fingerprint density at radius 3 is 2.37 bits per heavy atom. The Morgan fingerprint density at radius 2 is 1.79 bits per heavy atom. The zero-order chi connectivity index (χ0) is 13.8. The maximum atomic E-state index is 5.95. The summed E-state index contributed by atoms with van der Waals surface area (Å²) in [4.78, 5) is 0. The van der Waals surface area contributed by atoms with Gasteiger partial charge in [-0.05, 0) is 43.3 Å². The average molecular weight is 333 g/mol. The fourth-order valence-electron chi connectivity index (χ4n) is 1.53. The van der Waals surface area contributed by atoms with Gasteiger partial charge in [0.2, 0.25) is 0 Å². The highest BCUT2D eigenvalue weighted by Crippen LogP contribution is 2.33. The zero-order valence-corrected chi connectivity index (χ0v) is 12.8. The Kier molecular flexibility index (Phi) is 5.11. The number of nitrogens with one attached hydrogen (secondary N) is 2. The standard InChI is InChI=1S/C13H10Cl3N2S/c14-10-6-9(7-11(15)12(10)16)18-13(19)17-8-4-2-1-3-5-8/h1-2,4-7H,3H2,(H2,17,18,19). The molecule has 1 aliphatic carbocycles. The Morgan fingerprint density at radius 1 is 1.11 bits per heavy atom. The van der Waals surface area contributed by atoms with E-state index in [1.807, 2.05) is 18.2 Å². The number of hydrogen-bond donors (Lipinski definition) is 2. The molecule has 0 spiro atoms. The summed E-state index contributed by atoms with van der Waals surface area (Å²) < 4.78 is 0. The minimum atomic E-state index is 0.334. The van der Waals surface area contributed by atoms with Crippen LogP contribution in [0.4, 0.5) is 5.69 Å². The maximum absolute atomic E-state index is 5.95. The molecule has 1 aromatic carbocycles. The van der Waals surface area contributed by atoms with Crippen LogP contribution in [0.5, 0.6) is 0 Å². The van der Waals surface area contributed by atoms with E-state index in [1.165, 1.54) is 0 Å². The van der Waals surface area contributed by atoms with Crippen LogP contribution in [0.25, 0.3) is 0 Å². The molecule has 1 radical (unpaired) electrons. The first-order valence-corrected chi connectivity index (χ1v) is 7.03. The molecule has 1 aliphatic rings. The molecular weight excluding hydrogens is 323 g/mol. The van der Waals surface area contributed by atoms with Crippen molar-refractivity contribution in [2.24, 2.45) is 0 Å². The second-order valence-corrected chi connectivity index (χ2v) is 5.42. The molecule has 2 rings (SSSR count). The molecule has 0 aliphatic heterocycles. The second kappa shape index (κ2) is 6.62. The van der Waals surface area contributed by atoms with Crippen molar-refractivity contribution in [3.05, 3.63) is 57.5 Å². The lowest BCUT2D eigenvalue weighted by Gasteiger charge is -2.13. The summed E-state index contributed by atoms with van der Waals surface area (Å²) in [6.45, 7) is 0. The van der Waals surface area contributed by atoms with Gasteiger partial charge in [-0.1, -0.05) is 47.0 Å². The number of thiocarbonyl (C=S) groups is 1. The minimum absolute atomic E-state index is 0.334. The van der Waals surface area contributed by atoms with Gasteiger partial charge in [0.05, 0.1) is 15.1 Å². The summed E-state index contributed by atoms with van der Waals surface area (Å²) in [6, 6.07) is 3.34. The van der Waals surface area contributed by atoms with Crippen LogP contribution in [-0.2, 0) is 0 Å². The Labute approximate surface area is 132 Å². The molecular formula is C13H10Cl3N2S. The van der Waals surface area contributed by atoms with Gasteiger partial charge in [0, 0.05) is 11.4 Å². The van der Waals surface area contributed by atoms with E-state index in [0.29, 0.717) is 25.9 Å². The van der Waals surface area contributed by atoms with Crippen LogP contribution >= 0.6 is 47.0 Å². The van der Waals surface area contributed by atoms with Gasteiger partial charge in [-0.2, -0.15) is 0 Å². The molecule has 0 heterocycles. The predicted octanol–water partition coefficient (Wildman–Crippen LogP) is 4.98. The topological polar surface area (TPSA) is 24.1 Å². The van der Waals surface area contributed by atoms with E-state index in [4.69, 9.17) is 47.0 Å². The summed E-state index contributed by atoms with van der Waals surface area (Å²) in [5, 5.41) is 7.64. The van der Waals surface area contributed by atoms with Crippen molar-refractivity contribution < 1.29 is 0 Å². The van der Waals surface area contributed by atoms with E-state index in [2.05, 4.69) is 17.1 Å². The molecule has 99 valence electrons. The van der Waals surface area contributed by atoms with Crippen molar-refractivity contribution in [1.29, 1.82) is 0 Å². The van der Waals surface area contributed by atoms with Crippen molar-refractivity contribution in [2.45, 2.75) is 6.42 Å². The summed E-state index contributed by atoms with van der Waals surface area (Å²) in [6.07, 6.45) is 8.90. The zero-order valence-electron chi connectivity index (χ0n) is 9.71. The van der Waals surface area contributed by atoms with Gasteiger partial charge >= 0.3 is 0 Å². The molecule has 1 aromatic rings. The number of rotatable bonds is 2. The van der Waals surface area contributed by atoms with E-state index >= 15 is 0 Å². The third-order valence-electron chi connectivity index (χ3n) is 2.39. The Bertz CT molecular complexity index is 544. The van der Waals surface area contributed by atoms with E-state index in [9.17, 15) is 0 Å². The minimum Gasteiger partial charge on any atom is -0.333 e. The number of hydrogen-bond acceptors (Lipinski definition) is 1. The number of anilines is 1. The smallest absolute Gasteiger partial charge is 0.175 e. The first-order chi connectivity index (χ1) is 9.06. The van der Waals surface area contributed by atoms with Crippen LogP contribution in [-0.4, -0.2) is 5.11 Å². The lowest BCUT2D eigenvalue weighted by atomic mass is 10.1. The van der Waals surface area contributed by atoms with Crippen LogP contribution in [0, 0.1) is 6.42 Å². The third kappa shape index (κ3) is 4.11. The number of benzene rings is 1. The van der Waals surface area contributed by atoms with Crippen LogP contribution in [0.3, 0.4) is 0 Å². The summed E-state index contributed by atoms with van der Waals surface area (Å²) in [5.74, 6) is 0. The number of halogens is 3. The molecule has 0 fully saturated rings. The van der Waals surface area contributed by atoms with Crippen molar-refractivity contribution in [1.82, 2.24) is 5.32 Å². The van der Waals surface area contributed by atoms with E-state index in [-0.39, 0.29) is 0 Å². The SMILES string of the molecule is S=C(NC1=CC[CH]C=C1)Nc1cc(Cl)c(Cl)c(Cl)c1. The lowest BCUT2D eigenvalue weighted by Crippen LogP contribution is -2.27. The Balaban J connectivity index is 2.03. The first-order valence-electron chi connectivity index (χ1n) is 5.49. The lowest BCUT2D eigenvalue weighted by molar-refractivity contribution is 1.11. The van der Waals surface area contributed by atoms with Gasteiger partial charge in [0.25, 0.3) is 0 Å². The van der Waals surface area contributed by atoms with Crippen molar-refractivity contribution >= 4 is 57.8 Å². The van der Waals surface area contributed by atoms with Gasteiger partial charge in [-0.25, -0.2) is 0 Å². The summed E-state index contributed by atoms with van der Waals surface area (Å²) >= 11 is 23.0. The highest BCUT2D eigenvalue weighted by Gasteiger charge is 2.07. The van der Waals surface area contributed by atoms with Crippen LogP contribution in [0.2, 0.25) is 15.1 Å². The molecule has 2 nitrogen and oxygen atoms in total. The molecule has 0 saturated heterocycles. The summed E-state index contributed by atoms with van der Waals surface area (Å²) in [7, 11) is 0. The predicted molar refractivity (Wildman–Crippen MR) is 87.0 cm³/mol. The maximum Gasteiger partial charge on any atom is 0.175 e. The molecule has 6 heteroatoms. The molecule has 0 saturated carbocycles. The highest BCUT2D eigenvalue weighted by molar-refractivity contribution is 7.80. The normalized spacial score (nSPS) is 13.9. The van der Waals surface area contributed by atoms with E-state index in [1.54, 1.807) is 12.1 Å². The van der Waals surface area contributed by atoms with Gasteiger partial charge in [-0.15, -0.1) is 0 Å². The van der Waals surface area contributed by atoms with E-state index < -0.39 is 0 Å². The van der Waals surface area contributed by atoms with Gasteiger partial charge in [0.15, 0.2) is 5.11 Å². The summed E-state index contributed by atoms with van der Waals surface area (Å²) in [5.41, 5.74) is 1.63. The highest BCUT2D eigenvalue weighted by atomic mass is 35.5. The van der Waals surface area contributed by atoms with Gasteiger partial charge < -0.3 is 10.6 Å². The van der Waals surface area contributed by atoms with Crippen molar-refractivity contribution in [2.75, 3.05) is 5.32 Å². The fraction of sp³-hybridized carbons (Fsp3) is 0.0769. The molecule has 0 amide bonds. The monoisotopic (exact) mass is 331 g/mol.